The van der Waals surface area contributed by atoms with Gasteiger partial charge >= 0.3 is 5.97 Å². The van der Waals surface area contributed by atoms with E-state index < -0.39 is 5.97 Å². The predicted octanol–water partition coefficient (Wildman–Crippen LogP) is 2.43. The lowest BCUT2D eigenvalue weighted by Gasteiger charge is -2.10. The minimum atomic E-state index is -0.681. The molecule has 0 bridgehead atoms. The molecule has 0 aromatic rings. The van der Waals surface area contributed by atoms with E-state index in [9.17, 15) is 4.79 Å². The van der Waals surface area contributed by atoms with E-state index in [1.807, 2.05) is 0 Å². The average molecular weight is 202 g/mol. The van der Waals surface area contributed by atoms with Crippen molar-refractivity contribution in [1.82, 2.24) is 0 Å². The van der Waals surface area contributed by atoms with E-state index in [1.54, 1.807) is 0 Å². The Hall–Kier alpha value is -0.570. The van der Waals surface area contributed by atoms with Gasteiger partial charge in [-0.2, -0.15) is 0 Å². The largest absolute Gasteiger partial charge is 0.481 e. The number of carboxylic acids is 1. The second-order valence-corrected chi connectivity index (χ2v) is 3.75. The molecule has 0 aliphatic heterocycles. The van der Waals surface area contributed by atoms with Gasteiger partial charge in [0.25, 0.3) is 0 Å². The highest BCUT2D eigenvalue weighted by Gasteiger charge is 2.15. The number of aliphatic carboxylic acids is 1. The highest BCUT2D eigenvalue weighted by molar-refractivity contribution is 5.69. The van der Waals surface area contributed by atoms with Crippen molar-refractivity contribution in [1.29, 1.82) is 0 Å². The van der Waals surface area contributed by atoms with Gasteiger partial charge in [0.15, 0.2) is 0 Å². The van der Waals surface area contributed by atoms with Crippen LogP contribution in [0.2, 0.25) is 0 Å². The molecular weight excluding hydrogens is 180 g/mol. The van der Waals surface area contributed by atoms with E-state index in [4.69, 9.17) is 10.2 Å². The summed E-state index contributed by atoms with van der Waals surface area (Å²) in [6.45, 7) is 2.28. The van der Waals surface area contributed by atoms with E-state index >= 15 is 0 Å². The summed E-state index contributed by atoms with van der Waals surface area (Å²) in [6.07, 6.45) is 6.28. The summed E-state index contributed by atoms with van der Waals surface area (Å²) in [5.41, 5.74) is 0. The zero-order valence-electron chi connectivity index (χ0n) is 9.04. The molecule has 0 amide bonds. The number of hydrogen-bond acceptors (Lipinski definition) is 2. The van der Waals surface area contributed by atoms with Gasteiger partial charge in [0, 0.05) is 6.61 Å². The molecular formula is C11H22O3. The third-order valence-corrected chi connectivity index (χ3v) is 2.47. The molecule has 0 saturated carbocycles. The molecule has 1 unspecified atom stereocenters. The molecule has 3 nitrogen and oxygen atoms in total. The smallest absolute Gasteiger partial charge is 0.306 e. The zero-order chi connectivity index (χ0) is 10.8. The Bertz CT molecular complexity index is 135. The molecule has 0 saturated heterocycles. The standard InChI is InChI=1S/C11H22O3/c1-2-3-4-7-10(11(13)14)8-5-6-9-12/h10,12H,2-9H2,1H3,(H,13,14). The summed E-state index contributed by atoms with van der Waals surface area (Å²) in [6, 6.07) is 0. The van der Waals surface area contributed by atoms with Crippen LogP contribution in [0.5, 0.6) is 0 Å². The second-order valence-electron chi connectivity index (χ2n) is 3.75. The number of carboxylic acid groups (broad SMARTS) is 1. The fourth-order valence-corrected chi connectivity index (χ4v) is 1.53. The average Bonchev–Trinajstić information content (AvgIpc) is 2.15. The van der Waals surface area contributed by atoms with E-state index in [1.165, 1.54) is 0 Å². The Morgan fingerprint density at radius 1 is 1.14 bits per heavy atom. The molecule has 2 N–H and O–H groups in total. The third-order valence-electron chi connectivity index (χ3n) is 2.47. The Labute approximate surface area is 86.1 Å². The SMILES string of the molecule is CCCCCC(CCCCO)C(=O)O. The highest BCUT2D eigenvalue weighted by Crippen LogP contribution is 2.16. The number of aliphatic hydroxyl groups excluding tert-OH is 1. The van der Waals surface area contributed by atoms with Crippen molar-refractivity contribution < 1.29 is 15.0 Å². The molecule has 0 heterocycles. The third kappa shape index (κ3) is 6.89. The van der Waals surface area contributed by atoms with Crippen LogP contribution in [0.3, 0.4) is 0 Å². The monoisotopic (exact) mass is 202 g/mol. The lowest BCUT2D eigenvalue weighted by molar-refractivity contribution is -0.142. The number of aliphatic hydroxyl groups is 1. The number of hydrogen-bond donors (Lipinski definition) is 2. The van der Waals surface area contributed by atoms with Crippen molar-refractivity contribution in [2.45, 2.75) is 51.9 Å². The van der Waals surface area contributed by atoms with Crippen LogP contribution in [0.15, 0.2) is 0 Å². The van der Waals surface area contributed by atoms with Crippen LogP contribution in [-0.2, 0) is 4.79 Å². The molecule has 0 aromatic carbocycles. The Morgan fingerprint density at radius 2 is 1.71 bits per heavy atom. The number of carbonyl (C=O) groups is 1. The van der Waals surface area contributed by atoms with E-state index in [0.29, 0.717) is 6.42 Å². The first-order chi connectivity index (χ1) is 6.72. The molecule has 0 spiro atoms. The van der Waals surface area contributed by atoms with E-state index in [0.717, 1.165) is 38.5 Å². The quantitative estimate of drug-likeness (QED) is 0.564. The maximum Gasteiger partial charge on any atom is 0.306 e. The summed E-state index contributed by atoms with van der Waals surface area (Å²) < 4.78 is 0. The van der Waals surface area contributed by atoms with Crippen LogP contribution in [0.4, 0.5) is 0 Å². The highest BCUT2D eigenvalue weighted by atomic mass is 16.4. The van der Waals surface area contributed by atoms with Crippen LogP contribution in [0.25, 0.3) is 0 Å². The van der Waals surface area contributed by atoms with Gasteiger partial charge in [0.1, 0.15) is 0 Å². The van der Waals surface area contributed by atoms with Crippen molar-refractivity contribution in [3.05, 3.63) is 0 Å². The van der Waals surface area contributed by atoms with Crippen molar-refractivity contribution >= 4 is 5.97 Å². The predicted molar refractivity (Wildman–Crippen MR) is 56.2 cm³/mol. The normalized spacial score (nSPS) is 12.7. The fraction of sp³-hybridized carbons (Fsp3) is 0.909. The Morgan fingerprint density at radius 3 is 2.14 bits per heavy atom. The first-order valence-corrected chi connectivity index (χ1v) is 5.56. The lowest BCUT2D eigenvalue weighted by atomic mass is 9.96. The van der Waals surface area contributed by atoms with Crippen LogP contribution in [0.1, 0.15) is 51.9 Å². The number of unbranched alkanes of at least 4 members (excludes halogenated alkanes) is 3. The summed E-state index contributed by atoms with van der Waals surface area (Å²) in [5.74, 6) is -0.882. The topological polar surface area (TPSA) is 57.5 Å². The van der Waals surface area contributed by atoms with Gasteiger partial charge < -0.3 is 10.2 Å². The fourth-order valence-electron chi connectivity index (χ4n) is 1.53. The van der Waals surface area contributed by atoms with Gasteiger partial charge in [-0.25, -0.2) is 0 Å². The van der Waals surface area contributed by atoms with Crippen molar-refractivity contribution in [2.75, 3.05) is 6.61 Å². The van der Waals surface area contributed by atoms with E-state index in [-0.39, 0.29) is 12.5 Å². The van der Waals surface area contributed by atoms with Crippen LogP contribution in [0, 0.1) is 5.92 Å². The maximum atomic E-state index is 10.8. The molecule has 1 atom stereocenters. The van der Waals surface area contributed by atoms with Crippen LogP contribution < -0.4 is 0 Å². The van der Waals surface area contributed by atoms with Crippen LogP contribution >= 0.6 is 0 Å². The van der Waals surface area contributed by atoms with Gasteiger partial charge in [-0.15, -0.1) is 0 Å². The number of rotatable bonds is 9. The molecule has 84 valence electrons. The molecule has 3 heteroatoms. The Balaban J connectivity index is 3.61. The lowest BCUT2D eigenvalue weighted by Crippen LogP contribution is -2.13. The minimum Gasteiger partial charge on any atom is -0.481 e. The zero-order valence-corrected chi connectivity index (χ0v) is 9.04. The summed E-state index contributed by atoms with van der Waals surface area (Å²) >= 11 is 0. The Kier molecular flexibility index (Phi) is 8.64. The van der Waals surface area contributed by atoms with E-state index in [2.05, 4.69) is 6.92 Å². The molecule has 0 aliphatic rings. The molecule has 14 heavy (non-hydrogen) atoms. The van der Waals surface area contributed by atoms with Crippen molar-refractivity contribution in [3.8, 4) is 0 Å². The van der Waals surface area contributed by atoms with Crippen molar-refractivity contribution in [2.24, 2.45) is 5.92 Å². The summed E-state index contributed by atoms with van der Waals surface area (Å²) in [5, 5.41) is 17.5. The molecule has 0 rings (SSSR count). The molecule has 0 fully saturated rings. The summed E-state index contributed by atoms with van der Waals surface area (Å²) in [7, 11) is 0. The van der Waals surface area contributed by atoms with Gasteiger partial charge in [-0.1, -0.05) is 32.6 Å². The van der Waals surface area contributed by atoms with Crippen molar-refractivity contribution in [3.63, 3.8) is 0 Å². The second kappa shape index (κ2) is 9.00. The maximum absolute atomic E-state index is 10.8. The molecule has 0 aromatic heterocycles. The van der Waals surface area contributed by atoms with Gasteiger partial charge in [-0.3, -0.25) is 4.79 Å². The molecule has 0 aliphatic carbocycles. The van der Waals surface area contributed by atoms with Gasteiger partial charge in [0.05, 0.1) is 5.92 Å². The minimum absolute atomic E-state index is 0.168. The first-order valence-electron chi connectivity index (χ1n) is 5.56. The first kappa shape index (κ1) is 13.4. The van der Waals surface area contributed by atoms with Gasteiger partial charge in [-0.05, 0) is 19.3 Å². The van der Waals surface area contributed by atoms with Crippen LogP contribution in [-0.4, -0.2) is 22.8 Å². The summed E-state index contributed by atoms with van der Waals surface area (Å²) in [4.78, 5) is 10.8. The molecule has 0 radical (unpaired) electrons. The van der Waals surface area contributed by atoms with Gasteiger partial charge in [0.2, 0.25) is 0 Å².